The summed E-state index contributed by atoms with van der Waals surface area (Å²) in [6.45, 7) is 2.72. The fourth-order valence-corrected chi connectivity index (χ4v) is 6.43. The first-order valence-electron chi connectivity index (χ1n) is 13.4. The highest BCUT2D eigenvalue weighted by Gasteiger charge is 2.30. The maximum Gasteiger partial charge on any atom is 0.245 e. The quantitative estimate of drug-likeness (QED) is 0.377. The van der Waals surface area contributed by atoms with Gasteiger partial charge < -0.3 is 15.0 Å². The Hall–Kier alpha value is -2.33. The number of carbonyl (C=O) groups is 1. The van der Waals surface area contributed by atoms with Crippen LogP contribution in [0.2, 0.25) is 0 Å². The van der Waals surface area contributed by atoms with Crippen LogP contribution in [0.1, 0.15) is 49.3 Å². The third-order valence-electron chi connectivity index (χ3n) is 7.49. The summed E-state index contributed by atoms with van der Waals surface area (Å²) in [4.78, 5) is 14.6. The zero-order valence-corrected chi connectivity index (χ0v) is 23.8. The van der Waals surface area contributed by atoms with Crippen molar-refractivity contribution in [1.82, 2.24) is 14.5 Å². The molecule has 1 aliphatic carbocycles. The molecule has 0 bridgehead atoms. The van der Waals surface area contributed by atoms with E-state index in [9.17, 15) is 17.6 Å². The van der Waals surface area contributed by atoms with Crippen LogP contribution in [0.15, 0.2) is 53.4 Å². The average molecular weight is 548 g/mol. The molecule has 0 saturated heterocycles. The summed E-state index contributed by atoms with van der Waals surface area (Å²) in [5.41, 5.74) is 2.15. The summed E-state index contributed by atoms with van der Waals surface area (Å²) in [6, 6.07) is 13.9. The normalized spacial score (nSPS) is 19.0. The van der Waals surface area contributed by atoms with Crippen LogP contribution in [0.25, 0.3) is 0 Å². The Balaban J connectivity index is 1.31. The van der Waals surface area contributed by atoms with Gasteiger partial charge in [0.2, 0.25) is 15.9 Å². The van der Waals surface area contributed by atoms with Gasteiger partial charge in [0.15, 0.2) is 0 Å². The van der Waals surface area contributed by atoms with E-state index in [1.807, 2.05) is 19.1 Å². The number of likely N-dealkylation sites (N-methyl/N-ethyl adjacent to an activating group) is 1. The Morgan fingerprint density at radius 1 is 1.03 bits per heavy atom. The number of rotatable bonds is 13. The lowest BCUT2D eigenvalue weighted by Crippen LogP contribution is -2.34. The zero-order chi connectivity index (χ0) is 27.7. The lowest BCUT2D eigenvalue weighted by Gasteiger charge is -2.37. The molecule has 2 aromatic carbocycles. The molecule has 2 aromatic rings. The van der Waals surface area contributed by atoms with Gasteiger partial charge >= 0.3 is 0 Å². The van der Waals surface area contributed by atoms with E-state index >= 15 is 0 Å². The predicted octanol–water partition coefficient (Wildman–Crippen LogP) is 4.39. The van der Waals surface area contributed by atoms with Crippen LogP contribution >= 0.6 is 0 Å². The van der Waals surface area contributed by atoms with Gasteiger partial charge in [-0.1, -0.05) is 42.7 Å². The van der Waals surface area contributed by atoms with Crippen LogP contribution in [-0.4, -0.2) is 71.0 Å². The van der Waals surface area contributed by atoms with Gasteiger partial charge in [-0.05, 0) is 81.9 Å². The van der Waals surface area contributed by atoms with E-state index < -0.39 is 10.0 Å². The maximum atomic E-state index is 13.4. The molecule has 210 valence electrons. The van der Waals surface area contributed by atoms with Crippen molar-refractivity contribution in [2.45, 2.75) is 50.0 Å². The van der Waals surface area contributed by atoms with E-state index in [-0.39, 0.29) is 42.4 Å². The fourth-order valence-electron chi connectivity index (χ4n) is 5.28. The average Bonchev–Trinajstić information content (AvgIpc) is 2.88. The van der Waals surface area contributed by atoms with Crippen molar-refractivity contribution in [3.05, 3.63) is 65.5 Å². The Morgan fingerprint density at radius 3 is 2.26 bits per heavy atom. The van der Waals surface area contributed by atoms with Crippen molar-refractivity contribution < 1.29 is 22.3 Å². The summed E-state index contributed by atoms with van der Waals surface area (Å²) in [7, 11) is 2.09. The maximum absolute atomic E-state index is 13.4. The van der Waals surface area contributed by atoms with E-state index in [1.165, 1.54) is 23.5 Å². The van der Waals surface area contributed by atoms with Crippen molar-refractivity contribution in [3.8, 4) is 0 Å². The topological polar surface area (TPSA) is 78.9 Å². The number of benzene rings is 2. The summed E-state index contributed by atoms with van der Waals surface area (Å²) in [5, 5.41) is 2.92. The molecule has 1 amide bonds. The highest BCUT2D eigenvalue weighted by atomic mass is 32.2. The SMILES string of the molecule is Cc1ccc(S(=O)(=O)N(C)CCOCC(=O)NCCC2CCC(C(c3ccc(F)cc3)N(C)C)CC2)cc1. The number of amides is 1. The number of nitrogens with one attached hydrogen (secondary N) is 1. The first-order valence-corrected chi connectivity index (χ1v) is 14.8. The van der Waals surface area contributed by atoms with E-state index in [0.717, 1.165) is 43.2 Å². The Bertz CT molecular complexity index is 1120. The number of aryl methyl sites for hydroxylation is 1. The highest BCUT2D eigenvalue weighted by molar-refractivity contribution is 7.89. The molecule has 9 heteroatoms. The van der Waals surface area contributed by atoms with Gasteiger partial charge in [0.25, 0.3) is 0 Å². The van der Waals surface area contributed by atoms with Gasteiger partial charge in [0.05, 0.1) is 11.5 Å². The second-order valence-corrected chi connectivity index (χ2v) is 12.6. The zero-order valence-electron chi connectivity index (χ0n) is 23.0. The molecule has 1 aliphatic rings. The van der Waals surface area contributed by atoms with E-state index in [0.29, 0.717) is 18.4 Å². The van der Waals surface area contributed by atoms with Crippen LogP contribution in [0.4, 0.5) is 4.39 Å². The first kappa shape index (κ1) is 30.2. The monoisotopic (exact) mass is 547 g/mol. The van der Waals surface area contributed by atoms with E-state index in [1.54, 1.807) is 24.3 Å². The Kier molecular flexibility index (Phi) is 11.3. The van der Waals surface area contributed by atoms with Gasteiger partial charge in [-0.3, -0.25) is 4.79 Å². The molecule has 3 rings (SSSR count). The fraction of sp³-hybridized carbons (Fsp3) is 0.552. The van der Waals surface area contributed by atoms with Crippen LogP contribution in [0.3, 0.4) is 0 Å². The van der Waals surface area contributed by atoms with Crippen LogP contribution < -0.4 is 5.32 Å². The number of sulfonamides is 1. The summed E-state index contributed by atoms with van der Waals surface area (Å²) < 4.78 is 45.3. The number of hydrogen-bond donors (Lipinski definition) is 1. The predicted molar refractivity (Wildman–Crippen MR) is 148 cm³/mol. The third-order valence-corrected chi connectivity index (χ3v) is 9.36. The van der Waals surface area contributed by atoms with Gasteiger partial charge in [0.1, 0.15) is 12.4 Å². The number of ether oxygens (including phenoxy) is 1. The molecule has 0 radical (unpaired) electrons. The standard InChI is InChI=1S/C29H42FN3O4S/c1-22-5-15-27(16-6-22)38(35,36)33(4)19-20-37-21-28(34)31-18-17-23-7-9-24(10-8-23)29(32(2)3)25-11-13-26(30)14-12-25/h5-6,11-16,23-24,29H,7-10,17-21H2,1-4H3,(H,31,34). The largest absolute Gasteiger partial charge is 0.370 e. The molecular formula is C29H42FN3O4S. The molecule has 0 heterocycles. The summed E-state index contributed by atoms with van der Waals surface area (Å²) in [6.07, 6.45) is 5.38. The molecule has 7 nitrogen and oxygen atoms in total. The molecular weight excluding hydrogens is 505 g/mol. The van der Waals surface area contributed by atoms with Gasteiger partial charge in [-0.2, -0.15) is 4.31 Å². The minimum Gasteiger partial charge on any atom is -0.370 e. The second-order valence-electron chi connectivity index (χ2n) is 10.6. The van der Waals surface area contributed by atoms with Crippen molar-refractivity contribution >= 4 is 15.9 Å². The van der Waals surface area contributed by atoms with Gasteiger partial charge in [-0.25, -0.2) is 12.8 Å². The van der Waals surface area contributed by atoms with Crippen LogP contribution in [-0.2, 0) is 19.6 Å². The lowest BCUT2D eigenvalue weighted by atomic mass is 9.75. The molecule has 1 saturated carbocycles. The van der Waals surface area contributed by atoms with Gasteiger partial charge in [0, 0.05) is 26.2 Å². The van der Waals surface area contributed by atoms with Gasteiger partial charge in [-0.15, -0.1) is 0 Å². The minimum atomic E-state index is -3.58. The lowest BCUT2D eigenvalue weighted by molar-refractivity contribution is -0.125. The van der Waals surface area contributed by atoms with E-state index in [4.69, 9.17) is 4.74 Å². The number of carbonyl (C=O) groups excluding carboxylic acids is 1. The second kappa shape index (κ2) is 14.2. The molecule has 1 unspecified atom stereocenters. The number of halogens is 1. The van der Waals surface area contributed by atoms with Crippen molar-refractivity contribution in [1.29, 1.82) is 0 Å². The minimum absolute atomic E-state index is 0.0899. The third kappa shape index (κ3) is 8.59. The van der Waals surface area contributed by atoms with Crippen LogP contribution in [0.5, 0.6) is 0 Å². The highest BCUT2D eigenvalue weighted by Crippen LogP contribution is 2.40. The van der Waals surface area contributed by atoms with Crippen molar-refractivity contribution in [3.63, 3.8) is 0 Å². The summed E-state index contributed by atoms with van der Waals surface area (Å²) in [5.74, 6) is 0.708. The molecule has 0 aromatic heterocycles. The Morgan fingerprint density at radius 2 is 1.66 bits per heavy atom. The van der Waals surface area contributed by atoms with Crippen molar-refractivity contribution in [2.24, 2.45) is 11.8 Å². The van der Waals surface area contributed by atoms with Crippen molar-refractivity contribution in [2.75, 3.05) is 47.4 Å². The smallest absolute Gasteiger partial charge is 0.245 e. The summed E-state index contributed by atoms with van der Waals surface area (Å²) >= 11 is 0. The molecule has 1 fully saturated rings. The molecule has 1 N–H and O–H groups in total. The Labute approximate surface area is 227 Å². The molecule has 0 spiro atoms. The van der Waals surface area contributed by atoms with Crippen LogP contribution in [0, 0.1) is 24.6 Å². The number of nitrogens with zero attached hydrogens (tertiary/aromatic N) is 2. The molecule has 38 heavy (non-hydrogen) atoms. The van der Waals surface area contributed by atoms with E-state index in [2.05, 4.69) is 24.3 Å². The molecule has 0 aliphatic heterocycles. The number of hydrogen-bond acceptors (Lipinski definition) is 5. The first-order chi connectivity index (χ1) is 18.1. The molecule has 1 atom stereocenters.